The molecule has 2 N–H and O–H groups in total. The molecule has 1 atom stereocenters. The molecule has 2 amide bonds. The van der Waals surface area contributed by atoms with Gasteiger partial charge in [0.05, 0.1) is 5.92 Å². The molecule has 1 aliphatic carbocycles. The second-order valence-corrected chi connectivity index (χ2v) is 6.21. The van der Waals surface area contributed by atoms with Crippen molar-refractivity contribution in [2.75, 3.05) is 10.6 Å². The Morgan fingerprint density at radius 1 is 1.00 bits per heavy atom. The van der Waals surface area contributed by atoms with E-state index in [-0.39, 0.29) is 23.7 Å². The van der Waals surface area contributed by atoms with Crippen molar-refractivity contribution in [1.82, 2.24) is 0 Å². The van der Waals surface area contributed by atoms with Crippen LogP contribution < -0.4 is 10.6 Å². The van der Waals surface area contributed by atoms with E-state index < -0.39 is 0 Å². The van der Waals surface area contributed by atoms with Crippen molar-refractivity contribution in [3.63, 3.8) is 0 Å². The summed E-state index contributed by atoms with van der Waals surface area (Å²) in [5.74, 6) is 0.00489. The molecule has 0 bridgehead atoms. The quantitative estimate of drug-likeness (QED) is 0.838. The van der Waals surface area contributed by atoms with Gasteiger partial charge >= 0.3 is 0 Å². The maximum atomic E-state index is 12.6. The number of carbonyl (C=O) groups is 2. The molecular formula is C20H22N2O2. The summed E-state index contributed by atoms with van der Waals surface area (Å²) in [6.07, 6.45) is 2.67. The smallest absolute Gasteiger partial charge is 0.231 e. The molecule has 0 spiro atoms. The maximum Gasteiger partial charge on any atom is 0.231 e. The van der Waals surface area contributed by atoms with E-state index in [1.165, 1.54) is 0 Å². The molecule has 0 saturated heterocycles. The van der Waals surface area contributed by atoms with Gasteiger partial charge in [-0.2, -0.15) is 0 Å². The third kappa shape index (κ3) is 4.02. The normalized spacial score (nSPS) is 14.7. The molecule has 124 valence electrons. The van der Waals surface area contributed by atoms with Gasteiger partial charge in [-0.15, -0.1) is 0 Å². The lowest BCUT2D eigenvalue weighted by atomic mass is 9.95. The number of hydrogen-bond acceptors (Lipinski definition) is 2. The predicted molar refractivity (Wildman–Crippen MR) is 95.9 cm³/mol. The molecule has 2 aromatic carbocycles. The number of nitrogens with one attached hydrogen (secondary N) is 2. The fourth-order valence-electron chi connectivity index (χ4n) is 2.75. The molecule has 1 fully saturated rings. The third-order valence-corrected chi connectivity index (χ3v) is 4.27. The first-order valence-corrected chi connectivity index (χ1v) is 8.44. The Morgan fingerprint density at radius 3 is 2.29 bits per heavy atom. The van der Waals surface area contributed by atoms with Crippen LogP contribution in [0.4, 0.5) is 11.4 Å². The zero-order valence-electron chi connectivity index (χ0n) is 13.8. The summed E-state index contributed by atoms with van der Waals surface area (Å²) in [7, 11) is 0. The van der Waals surface area contributed by atoms with Crippen LogP contribution in [0.2, 0.25) is 0 Å². The molecule has 1 saturated carbocycles. The molecule has 1 unspecified atom stereocenters. The van der Waals surface area contributed by atoms with Crippen molar-refractivity contribution in [2.45, 2.75) is 32.1 Å². The molecule has 0 aliphatic heterocycles. The minimum Gasteiger partial charge on any atom is -0.326 e. The van der Waals surface area contributed by atoms with Crippen LogP contribution in [0.3, 0.4) is 0 Å². The van der Waals surface area contributed by atoms with Crippen molar-refractivity contribution in [1.29, 1.82) is 0 Å². The van der Waals surface area contributed by atoms with E-state index in [0.29, 0.717) is 5.69 Å². The molecule has 0 radical (unpaired) electrons. The first kappa shape index (κ1) is 16.2. The van der Waals surface area contributed by atoms with Gasteiger partial charge in [0.25, 0.3) is 0 Å². The second kappa shape index (κ2) is 7.30. The number of amides is 2. The van der Waals surface area contributed by atoms with Crippen LogP contribution in [0.25, 0.3) is 0 Å². The van der Waals surface area contributed by atoms with Gasteiger partial charge in [0, 0.05) is 17.3 Å². The van der Waals surface area contributed by atoms with Gasteiger partial charge in [0.1, 0.15) is 0 Å². The largest absolute Gasteiger partial charge is 0.326 e. The lowest BCUT2D eigenvalue weighted by Crippen LogP contribution is -2.21. The summed E-state index contributed by atoms with van der Waals surface area (Å²) in [5.41, 5.74) is 2.43. The first-order chi connectivity index (χ1) is 11.7. The minimum absolute atomic E-state index is 0.0330. The van der Waals surface area contributed by atoms with E-state index in [1.807, 2.05) is 55.5 Å². The molecule has 0 aromatic heterocycles. The highest BCUT2D eigenvalue weighted by Crippen LogP contribution is 2.30. The van der Waals surface area contributed by atoms with Crippen LogP contribution in [0.15, 0.2) is 54.6 Å². The summed E-state index contributed by atoms with van der Waals surface area (Å²) in [5, 5.41) is 5.86. The number of hydrogen-bond donors (Lipinski definition) is 2. The van der Waals surface area contributed by atoms with Crippen molar-refractivity contribution >= 4 is 23.2 Å². The Labute approximate surface area is 142 Å². The van der Waals surface area contributed by atoms with Gasteiger partial charge < -0.3 is 10.6 Å². The maximum absolute atomic E-state index is 12.6. The molecule has 2 aromatic rings. The number of benzene rings is 2. The fraction of sp³-hybridized carbons (Fsp3) is 0.300. The van der Waals surface area contributed by atoms with Gasteiger partial charge in [-0.25, -0.2) is 0 Å². The average Bonchev–Trinajstić information content (AvgIpc) is 3.42. The zero-order valence-corrected chi connectivity index (χ0v) is 13.8. The lowest BCUT2D eigenvalue weighted by molar-refractivity contribution is -0.118. The molecular weight excluding hydrogens is 300 g/mol. The van der Waals surface area contributed by atoms with Gasteiger partial charge in [0.2, 0.25) is 11.8 Å². The molecule has 4 nitrogen and oxygen atoms in total. The van der Waals surface area contributed by atoms with E-state index in [0.717, 1.165) is 30.5 Å². The van der Waals surface area contributed by atoms with E-state index in [2.05, 4.69) is 10.6 Å². The van der Waals surface area contributed by atoms with Crippen molar-refractivity contribution < 1.29 is 9.59 Å². The van der Waals surface area contributed by atoms with Gasteiger partial charge in [0.15, 0.2) is 0 Å². The highest BCUT2D eigenvalue weighted by molar-refractivity contribution is 5.98. The van der Waals surface area contributed by atoms with Crippen LogP contribution in [-0.4, -0.2) is 11.8 Å². The van der Waals surface area contributed by atoms with Gasteiger partial charge in [-0.1, -0.05) is 43.3 Å². The van der Waals surface area contributed by atoms with Crippen LogP contribution in [0.1, 0.15) is 37.7 Å². The summed E-state index contributed by atoms with van der Waals surface area (Å²) in [4.78, 5) is 24.4. The molecule has 4 heteroatoms. The summed E-state index contributed by atoms with van der Waals surface area (Å²) in [6.45, 7) is 2.00. The van der Waals surface area contributed by atoms with E-state index in [4.69, 9.17) is 0 Å². The van der Waals surface area contributed by atoms with E-state index >= 15 is 0 Å². The zero-order chi connectivity index (χ0) is 16.9. The second-order valence-electron chi connectivity index (χ2n) is 6.21. The van der Waals surface area contributed by atoms with Gasteiger partial charge in [-0.05, 0) is 43.0 Å². The Hall–Kier alpha value is -2.62. The molecule has 24 heavy (non-hydrogen) atoms. The number of carbonyl (C=O) groups excluding carboxylic acids is 2. The minimum atomic E-state index is -0.184. The van der Waals surface area contributed by atoms with Crippen molar-refractivity contribution in [3.05, 3.63) is 60.2 Å². The van der Waals surface area contributed by atoms with Crippen molar-refractivity contribution in [3.8, 4) is 0 Å². The fourth-order valence-corrected chi connectivity index (χ4v) is 2.75. The highest BCUT2D eigenvalue weighted by atomic mass is 16.2. The highest BCUT2D eigenvalue weighted by Gasteiger charge is 2.29. The summed E-state index contributed by atoms with van der Waals surface area (Å²) in [6, 6.07) is 17.1. The molecule has 3 rings (SSSR count). The van der Waals surface area contributed by atoms with E-state index in [1.54, 1.807) is 6.07 Å². The van der Waals surface area contributed by atoms with Crippen LogP contribution in [0, 0.1) is 5.92 Å². The number of rotatable bonds is 6. The Bertz CT molecular complexity index is 723. The van der Waals surface area contributed by atoms with Crippen LogP contribution in [-0.2, 0) is 9.59 Å². The summed E-state index contributed by atoms with van der Waals surface area (Å²) >= 11 is 0. The van der Waals surface area contributed by atoms with Crippen molar-refractivity contribution in [2.24, 2.45) is 5.92 Å². The molecule has 1 aliphatic rings. The summed E-state index contributed by atoms with van der Waals surface area (Å²) < 4.78 is 0. The number of anilines is 2. The predicted octanol–water partition coefficient (Wildman–Crippen LogP) is 4.17. The van der Waals surface area contributed by atoms with E-state index in [9.17, 15) is 9.59 Å². The van der Waals surface area contributed by atoms with Gasteiger partial charge in [-0.3, -0.25) is 9.59 Å². The Morgan fingerprint density at radius 2 is 1.67 bits per heavy atom. The topological polar surface area (TPSA) is 58.2 Å². The Balaban J connectivity index is 1.68. The third-order valence-electron chi connectivity index (χ3n) is 4.27. The SMILES string of the molecule is CCC(C(=O)Nc1cccc(NC(=O)C2CC2)c1)c1ccccc1. The average molecular weight is 322 g/mol. The molecule has 0 heterocycles. The first-order valence-electron chi connectivity index (χ1n) is 8.44. The Kier molecular flexibility index (Phi) is 4.94. The lowest BCUT2D eigenvalue weighted by Gasteiger charge is -2.16. The monoisotopic (exact) mass is 322 g/mol. The van der Waals surface area contributed by atoms with Crippen LogP contribution in [0.5, 0.6) is 0 Å². The van der Waals surface area contributed by atoms with Crippen LogP contribution >= 0.6 is 0 Å². The standard InChI is InChI=1S/C20H22N2O2/c1-2-18(14-7-4-3-5-8-14)20(24)22-17-10-6-9-16(13-17)21-19(23)15-11-12-15/h3-10,13,15,18H,2,11-12H2,1H3,(H,21,23)(H,22,24).